The lowest BCUT2D eigenvalue weighted by Gasteiger charge is -2.11. The highest BCUT2D eigenvalue weighted by Crippen LogP contribution is 2.29. The van der Waals surface area contributed by atoms with Crippen molar-refractivity contribution in [3.05, 3.63) is 79.5 Å². The normalized spacial score (nSPS) is 11.0. The molecule has 6 nitrogen and oxygen atoms in total. The van der Waals surface area contributed by atoms with Gasteiger partial charge in [0, 0.05) is 47.6 Å². The Morgan fingerprint density at radius 2 is 1.48 bits per heavy atom. The fourth-order valence-electron chi connectivity index (χ4n) is 3.02. The maximum absolute atomic E-state index is 4.83. The van der Waals surface area contributed by atoms with Gasteiger partial charge >= 0.3 is 0 Å². The molecule has 0 amide bonds. The molecular weight excluding hydrogens is 336 g/mol. The molecule has 0 unspecified atom stereocenters. The number of fused-ring (bicyclic) bond motifs is 2. The molecule has 0 saturated heterocycles. The van der Waals surface area contributed by atoms with Crippen LogP contribution >= 0.6 is 0 Å². The zero-order chi connectivity index (χ0) is 18.1. The lowest BCUT2D eigenvalue weighted by Crippen LogP contribution is -1.98. The van der Waals surface area contributed by atoms with Crippen molar-refractivity contribution in [3.8, 4) is 11.3 Å². The zero-order valence-corrected chi connectivity index (χ0v) is 14.2. The summed E-state index contributed by atoms with van der Waals surface area (Å²) in [5.41, 5.74) is 5.29. The van der Waals surface area contributed by atoms with Crippen molar-refractivity contribution in [2.24, 2.45) is 0 Å². The van der Waals surface area contributed by atoms with E-state index in [0.717, 1.165) is 44.7 Å². The van der Waals surface area contributed by atoms with Crippen LogP contribution in [-0.2, 0) is 0 Å². The van der Waals surface area contributed by atoms with Gasteiger partial charge in [-0.15, -0.1) is 0 Å². The topological polar surface area (TPSA) is 76.5 Å². The number of nitrogens with zero attached hydrogens (tertiary/aromatic N) is 5. The van der Waals surface area contributed by atoms with Gasteiger partial charge in [-0.2, -0.15) is 0 Å². The molecule has 128 valence electrons. The molecule has 0 aliphatic carbocycles. The Hall–Kier alpha value is -3.93. The molecule has 6 heteroatoms. The average Bonchev–Trinajstić information content (AvgIpc) is 2.74. The maximum Gasteiger partial charge on any atom is 0.140 e. The molecule has 0 aliphatic heterocycles. The predicted octanol–water partition coefficient (Wildman–Crippen LogP) is 4.38. The highest BCUT2D eigenvalue weighted by molar-refractivity contribution is 5.94. The van der Waals surface area contributed by atoms with Crippen LogP contribution in [0, 0.1) is 0 Å². The van der Waals surface area contributed by atoms with E-state index >= 15 is 0 Å². The number of rotatable bonds is 3. The fraction of sp³-hybridized carbons (Fsp3) is 0. The van der Waals surface area contributed by atoms with Crippen LogP contribution in [0.3, 0.4) is 0 Å². The van der Waals surface area contributed by atoms with E-state index in [-0.39, 0.29) is 0 Å². The van der Waals surface area contributed by atoms with E-state index in [2.05, 4.69) is 25.3 Å². The molecule has 1 aromatic carbocycles. The fourth-order valence-corrected chi connectivity index (χ4v) is 3.02. The quantitative estimate of drug-likeness (QED) is 0.520. The number of benzene rings is 1. The molecule has 0 bridgehead atoms. The van der Waals surface area contributed by atoms with E-state index in [1.54, 1.807) is 31.0 Å². The first-order valence-electron chi connectivity index (χ1n) is 8.51. The van der Waals surface area contributed by atoms with Crippen molar-refractivity contribution in [3.63, 3.8) is 0 Å². The number of aromatic nitrogens is 5. The summed E-state index contributed by atoms with van der Waals surface area (Å²) in [5.74, 6) is 0.746. The molecule has 0 atom stereocenters. The number of pyridine rings is 3. The van der Waals surface area contributed by atoms with Crippen LogP contribution < -0.4 is 5.32 Å². The van der Waals surface area contributed by atoms with E-state index < -0.39 is 0 Å². The van der Waals surface area contributed by atoms with Crippen LogP contribution in [0.1, 0.15) is 0 Å². The minimum absolute atomic E-state index is 0.746. The van der Waals surface area contributed by atoms with Crippen LogP contribution in [0.2, 0.25) is 0 Å². The van der Waals surface area contributed by atoms with E-state index in [1.165, 1.54) is 0 Å². The summed E-state index contributed by atoms with van der Waals surface area (Å²) in [6.07, 6.45) is 8.68. The summed E-state index contributed by atoms with van der Waals surface area (Å²) in [6, 6.07) is 15.7. The van der Waals surface area contributed by atoms with Gasteiger partial charge in [0.25, 0.3) is 0 Å². The smallest absolute Gasteiger partial charge is 0.140 e. The van der Waals surface area contributed by atoms with Crippen LogP contribution in [0.5, 0.6) is 0 Å². The van der Waals surface area contributed by atoms with Crippen molar-refractivity contribution in [2.75, 3.05) is 5.32 Å². The van der Waals surface area contributed by atoms with Crippen molar-refractivity contribution in [2.45, 2.75) is 0 Å². The van der Waals surface area contributed by atoms with Crippen LogP contribution in [0.4, 0.5) is 11.5 Å². The summed E-state index contributed by atoms with van der Waals surface area (Å²) in [4.78, 5) is 22.1. The summed E-state index contributed by atoms with van der Waals surface area (Å²) >= 11 is 0. The third-order valence-electron chi connectivity index (χ3n) is 4.31. The summed E-state index contributed by atoms with van der Waals surface area (Å²) < 4.78 is 0. The lowest BCUT2D eigenvalue weighted by atomic mass is 10.1. The SMILES string of the molecule is c1cnc2cc(-c3ccncc3)nc(Nc3ccc4nccnc4c3)c2c1. The van der Waals surface area contributed by atoms with E-state index in [1.807, 2.05) is 48.5 Å². The molecule has 0 spiro atoms. The first kappa shape index (κ1) is 15.3. The van der Waals surface area contributed by atoms with Crippen molar-refractivity contribution in [1.29, 1.82) is 0 Å². The van der Waals surface area contributed by atoms with Gasteiger partial charge < -0.3 is 5.32 Å². The minimum Gasteiger partial charge on any atom is -0.340 e. The molecule has 1 N–H and O–H groups in total. The standard InChI is InChI=1S/C21H14N6/c1-2-16-19(23-7-1)13-18(14-5-8-22-9-6-14)27-21(16)26-15-3-4-17-20(12-15)25-11-10-24-17/h1-13H,(H,26,27). The summed E-state index contributed by atoms with van der Waals surface area (Å²) in [5, 5.41) is 4.37. The van der Waals surface area contributed by atoms with E-state index in [9.17, 15) is 0 Å². The third kappa shape index (κ3) is 2.93. The van der Waals surface area contributed by atoms with Crippen molar-refractivity contribution >= 4 is 33.4 Å². The van der Waals surface area contributed by atoms with Gasteiger partial charge in [-0.05, 0) is 48.5 Å². The molecule has 0 radical (unpaired) electrons. The number of hydrogen-bond donors (Lipinski definition) is 1. The second kappa shape index (κ2) is 6.42. The average molecular weight is 350 g/mol. The van der Waals surface area contributed by atoms with E-state index in [4.69, 9.17) is 4.98 Å². The molecule has 0 fully saturated rings. The lowest BCUT2D eigenvalue weighted by molar-refractivity contribution is 1.28. The Morgan fingerprint density at radius 1 is 0.667 bits per heavy atom. The van der Waals surface area contributed by atoms with Gasteiger partial charge in [0.15, 0.2) is 0 Å². The molecule has 4 heterocycles. The molecule has 5 aromatic rings. The Morgan fingerprint density at radius 3 is 2.37 bits per heavy atom. The third-order valence-corrected chi connectivity index (χ3v) is 4.31. The van der Waals surface area contributed by atoms with E-state index in [0.29, 0.717) is 0 Å². The second-order valence-corrected chi connectivity index (χ2v) is 6.05. The van der Waals surface area contributed by atoms with Gasteiger partial charge in [-0.3, -0.25) is 19.9 Å². The Labute approximate surface area is 155 Å². The Balaban J connectivity index is 1.64. The van der Waals surface area contributed by atoms with Crippen molar-refractivity contribution in [1.82, 2.24) is 24.9 Å². The highest BCUT2D eigenvalue weighted by Gasteiger charge is 2.09. The van der Waals surface area contributed by atoms with Gasteiger partial charge in [0.2, 0.25) is 0 Å². The first-order chi connectivity index (χ1) is 13.4. The van der Waals surface area contributed by atoms with Crippen LogP contribution in [-0.4, -0.2) is 24.9 Å². The summed E-state index contributed by atoms with van der Waals surface area (Å²) in [7, 11) is 0. The second-order valence-electron chi connectivity index (χ2n) is 6.05. The first-order valence-corrected chi connectivity index (χ1v) is 8.51. The molecule has 4 aromatic heterocycles. The monoisotopic (exact) mass is 350 g/mol. The molecule has 0 aliphatic rings. The molecule has 0 saturated carbocycles. The van der Waals surface area contributed by atoms with Crippen LogP contribution in [0.25, 0.3) is 33.2 Å². The number of hydrogen-bond acceptors (Lipinski definition) is 6. The Kier molecular flexibility index (Phi) is 3.65. The van der Waals surface area contributed by atoms with Gasteiger partial charge in [0.05, 0.1) is 22.2 Å². The molecular formula is C21H14N6. The van der Waals surface area contributed by atoms with Gasteiger partial charge in [-0.1, -0.05) is 0 Å². The highest BCUT2D eigenvalue weighted by atomic mass is 15.0. The number of anilines is 2. The zero-order valence-electron chi connectivity index (χ0n) is 14.2. The van der Waals surface area contributed by atoms with Gasteiger partial charge in [-0.25, -0.2) is 4.98 Å². The molecule has 27 heavy (non-hydrogen) atoms. The predicted molar refractivity (Wildman–Crippen MR) is 106 cm³/mol. The van der Waals surface area contributed by atoms with Crippen molar-refractivity contribution < 1.29 is 0 Å². The molecule has 5 rings (SSSR count). The summed E-state index contributed by atoms with van der Waals surface area (Å²) in [6.45, 7) is 0. The number of nitrogens with one attached hydrogen (secondary N) is 1. The minimum atomic E-state index is 0.746. The van der Waals surface area contributed by atoms with Gasteiger partial charge in [0.1, 0.15) is 5.82 Å². The Bertz CT molecular complexity index is 1250. The van der Waals surface area contributed by atoms with Crippen LogP contribution in [0.15, 0.2) is 79.5 Å². The maximum atomic E-state index is 4.83. The largest absolute Gasteiger partial charge is 0.340 e.